The fourth-order valence-electron chi connectivity index (χ4n) is 2.34. The second-order valence-corrected chi connectivity index (χ2v) is 9.06. The Kier molecular flexibility index (Phi) is 33.3. The second kappa shape index (κ2) is 27.8. The van der Waals surface area contributed by atoms with Crippen molar-refractivity contribution in [3.05, 3.63) is 12.2 Å². The van der Waals surface area contributed by atoms with Crippen molar-refractivity contribution >= 4 is 27.1 Å². The van der Waals surface area contributed by atoms with Crippen molar-refractivity contribution in [1.29, 1.82) is 0 Å². The minimum absolute atomic E-state index is 0. The quantitative estimate of drug-likeness (QED) is 0.206. The number of allylic oxidation sites excluding steroid dienone is 2. The van der Waals surface area contributed by atoms with Gasteiger partial charge in [0.1, 0.15) is 0 Å². The average molecular weight is 448 g/mol. The summed E-state index contributed by atoms with van der Waals surface area (Å²) in [7, 11) is 0. The van der Waals surface area contributed by atoms with Gasteiger partial charge in [-0.1, -0.05) is 70.4 Å². The molecule has 0 bridgehead atoms. The van der Waals surface area contributed by atoms with E-state index >= 15 is 0 Å². The molecular weight excluding hydrogens is 407 g/mol. The first kappa shape index (κ1) is 28.8. The number of aliphatic carboxylic acids is 1. The molecule has 0 amide bonds. The predicted molar refractivity (Wildman–Crippen MR) is 106 cm³/mol. The van der Waals surface area contributed by atoms with Gasteiger partial charge in [-0.05, 0) is 38.5 Å². The standard InChI is InChI=1S/C18H34O2.2CH3.H2O.Sn/c1-2-3-4-5-6-7-8-9-10-11-12-13-14-15-16-17-18(19)20;;;;/h9-10H,2-8,11-17H2,1H3,(H,19,20);2*1H3;1H2;/q;;;;+1/p-1. The second-order valence-electron chi connectivity index (χ2n) is 6.21. The first-order valence-electron chi connectivity index (χ1n) is 9.62. The van der Waals surface area contributed by atoms with Crippen LogP contribution in [0, 0.1) is 0 Å². The van der Waals surface area contributed by atoms with Crippen LogP contribution in [0.5, 0.6) is 0 Å². The maximum absolute atomic E-state index is 10.2. The molecule has 4 heteroatoms. The summed E-state index contributed by atoms with van der Waals surface area (Å²) < 4.78 is 0. The molecule has 0 saturated carbocycles. The molecule has 0 aliphatic heterocycles. The van der Waals surface area contributed by atoms with Crippen molar-refractivity contribution in [1.82, 2.24) is 0 Å². The first-order valence-corrected chi connectivity index (χ1v) is 15.3. The molecule has 0 atom stereocenters. The van der Waals surface area contributed by atoms with E-state index < -0.39 is 5.97 Å². The van der Waals surface area contributed by atoms with Crippen LogP contribution in [0.25, 0.3) is 0 Å². The number of hydrogen-bond acceptors (Lipinski definition) is 2. The molecule has 0 heterocycles. The van der Waals surface area contributed by atoms with Gasteiger partial charge >= 0.3 is 31.0 Å². The van der Waals surface area contributed by atoms with Gasteiger partial charge in [-0.25, -0.2) is 0 Å². The van der Waals surface area contributed by atoms with Crippen LogP contribution in [-0.2, 0) is 4.79 Å². The summed E-state index contributed by atoms with van der Waals surface area (Å²) in [6.45, 7) is 2.26. The van der Waals surface area contributed by atoms with E-state index in [0.29, 0.717) is 0 Å². The molecule has 0 aliphatic carbocycles. The van der Waals surface area contributed by atoms with E-state index in [4.69, 9.17) is 0 Å². The summed E-state index contributed by atoms with van der Waals surface area (Å²) >= 11 is 0.230. The molecule has 3 nitrogen and oxygen atoms in total. The summed E-state index contributed by atoms with van der Waals surface area (Å²) in [6.07, 6.45) is 20.9. The Bertz CT molecular complexity index is 255. The molecule has 0 aromatic carbocycles. The van der Waals surface area contributed by atoms with Crippen molar-refractivity contribution in [2.75, 3.05) is 0 Å². The van der Waals surface area contributed by atoms with Gasteiger partial charge in [0.15, 0.2) is 0 Å². The van der Waals surface area contributed by atoms with Gasteiger partial charge < -0.3 is 15.4 Å². The number of carbonyl (C=O) groups excluding carboxylic acids is 1. The number of rotatable bonds is 15. The molecule has 0 rings (SSSR count). The van der Waals surface area contributed by atoms with Crippen LogP contribution < -0.4 is 5.11 Å². The van der Waals surface area contributed by atoms with E-state index in [-0.39, 0.29) is 33.0 Å². The SMILES string of the molecule is CCCCCCCCC=CCCCCCCCC(=O)[O-].O.[CH3][Sn+][CH3]. The Morgan fingerprint density at radius 2 is 1.17 bits per heavy atom. The zero-order chi connectivity index (χ0) is 17.6. The molecule has 0 saturated heterocycles. The zero-order valence-corrected chi connectivity index (χ0v) is 19.2. The van der Waals surface area contributed by atoms with Crippen molar-refractivity contribution < 1.29 is 15.4 Å². The number of hydrogen-bond donors (Lipinski definition) is 0. The van der Waals surface area contributed by atoms with Crippen molar-refractivity contribution in [2.24, 2.45) is 0 Å². The van der Waals surface area contributed by atoms with Crippen LogP contribution in [0.15, 0.2) is 12.2 Å². The van der Waals surface area contributed by atoms with Crippen LogP contribution in [0.1, 0.15) is 96.8 Å². The number of carbonyl (C=O) groups is 1. The van der Waals surface area contributed by atoms with Gasteiger partial charge in [-0.2, -0.15) is 0 Å². The summed E-state index contributed by atoms with van der Waals surface area (Å²) in [5.41, 5.74) is 0. The number of carboxylic acids is 1. The predicted octanol–water partition coefficient (Wildman–Crippen LogP) is 4.74. The molecule has 0 fully saturated rings. The zero-order valence-electron chi connectivity index (χ0n) is 16.4. The fraction of sp³-hybridized carbons (Fsp3) is 0.850. The van der Waals surface area contributed by atoms with Gasteiger partial charge in [0.2, 0.25) is 0 Å². The summed E-state index contributed by atoms with van der Waals surface area (Å²) in [5.74, 6) is -0.914. The van der Waals surface area contributed by atoms with Crippen molar-refractivity contribution in [3.63, 3.8) is 0 Å². The number of unbranched alkanes of at least 4 members (excludes halogenated alkanes) is 11. The van der Waals surface area contributed by atoms with E-state index in [1.165, 1.54) is 64.2 Å². The third-order valence-electron chi connectivity index (χ3n) is 3.64. The average Bonchev–Trinajstić information content (AvgIpc) is 2.51. The molecule has 1 radical (unpaired) electrons. The summed E-state index contributed by atoms with van der Waals surface area (Å²) in [5, 5.41) is 10.2. The molecule has 2 N–H and O–H groups in total. The van der Waals surface area contributed by atoms with Gasteiger partial charge in [-0.3, -0.25) is 0 Å². The van der Waals surface area contributed by atoms with E-state index in [9.17, 15) is 9.90 Å². The van der Waals surface area contributed by atoms with Gasteiger partial charge in [0, 0.05) is 5.97 Å². The van der Waals surface area contributed by atoms with Crippen LogP contribution >= 0.6 is 0 Å². The molecule has 0 aromatic rings. The Morgan fingerprint density at radius 3 is 1.58 bits per heavy atom. The van der Waals surface area contributed by atoms with Crippen molar-refractivity contribution in [3.8, 4) is 0 Å². The topological polar surface area (TPSA) is 71.6 Å². The monoisotopic (exact) mass is 449 g/mol. The maximum atomic E-state index is 10.2. The van der Waals surface area contributed by atoms with E-state index in [0.717, 1.165) is 19.3 Å². The van der Waals surface area contributed by atoms with Gasteiger partial charge in [-0.15, -0.1) is 0 Å². The molecule has 0 spiro atoms. The molecule has 0 unspecified atom stereocenters. The van der Waals surface area contributed by atoms with Gasteiger partial charge in [0.25, 0.3) is 0 Å². The van der Waals surface area contributed by atoms with E-state index in [2.05, 4.69) is 29.0 Å². The molecule has 0 aromatic heterocycles. The van der Waals surface area contributed by atoms with Crippen LogP contribution in [0.3, 0.4) is 0 Å². The third kappa shape index (κ3) is 33.5. The van der Waals surface area contributed by atoms with Gasteiger partial charge in [0.05, 0.1) is 0 Å². The fourth-order valence-corrected chi connectivity index (χ4v) is 2.34. The molecule has 24 heavy (non-hydrogen) atoms. The Hall–Kier alpha value is -0.0313. The van der Waals surface area contributed by atoms with Crippen LogP contribution in [-0.4, -0.2) is 32.6 Å². The minimum atomic E-state index is -0.914. The Balaban J connectivity index is -0.00000102. The Morgan fingerprint density at radius 1 is 0.792 bits per heavy atom. The van der Waals surface area contributed by atoms with Crippen molar-refractivity contribution in [2.45, 2.75) is 107 Å². The molecule has 0 aliphatic rings. The Labute approximate surface area is 161 Å². The number of carboxylic acid groups (broad SMARTS) is 1. The van der Waals surface area contributed by atoms with Crippen LogP contribution in [0.4, 0.5) is 0 Å². The molecular formula is C20H41O3Sn. The first-order chi connectivity index (χ1) is 11.2. The van der Waals surface area contributed by atoms with E-state index in [1.54, 1.807) is 0 Å². The third-order valence-corrected chi connectivity index (χ3v) is 3.64. The summed E-state index contributed by atoms with van der Waals surface area (Å²) in [4.78, 5) is 14.8. The van der Waals surface area contributed by atoms with Crippen LogP contribution in [0.2, 0.25) is 9.88 Å². The normalized spacial score (nSPS) is 9.96. The van der Waals surface area contributed by atoms with E-state index in [1.807, 2.05) is 0 Å². The molecule has 143 valence electrons. The summed E-state index contributed by atoms with van der Waals surface area (Å²) in [6, 6.07) is 0.